The minimum absolute atomic E-state index is 0.0333. The summed E-state index contributed by atoms with van der Waals surface area (Å²) in [6.45, 7) is 3.46. The number of aliphatic hydroxyl groups is 7. The van der Waals surface area contributed by atoms with E-state index >= 15 is 0 Å². The van der Waals surface area contributed by atoms with Crippen LogP contribution in [0.4, 0.5) is 0 Å². The molecule has 2 rings (SSSR count). The zero-order valence-corrected chi connectivity index (χ0v) is 44.6. The molecule has 0 aromatic heterocycles. The molecule has 7 N–H and O–H groups in total. The molecule has 0 aromatic carbocycles. The van der Waals surface area contributed by atoms with Crippen molar-refractivity contribution in [1.82, 2.24) is 0 Å². The molecule has 2 fully saturated rings. The zero-order chi connectivity index (χ0) is 53.0. The Morgan fingerprint density at radius 3 is 1.40 bits per heavy atom. The van der Waals surface area contributed by atoms with Crippen LogP contribution >= 0.6 is 0 Å². The Balaban J connectivity index is 1.77. The predicted molar refractivity (Wildman–Crippen MR) is 288 cm³/mol. The highest BCUT2D eigenvalue weighted by Gasteiger charge is 2.47. The summed E-state index contributed by atoms with van der Waals surface area (Å²) < 4.78 is 34.3. The third kappa shape index (κ3) is 32.2. The monoisotopic (exact) mass is 1030 g/mol. The van der Waals surface area contributed by atoms with Crippen molar-refractivity contribution in [3.8, 4) is 0 Å². The largest absolute Gasteiger partial charge is 0.457 e. The Hall–Kier alpha value is -3.09. The molecule has 2 aliphatic rings. The highest BCUT2D eigenvalue weighted by atomic mass is 16.7. The van der Waals surface area contributed by atoms with E-state index in [1.54, 1.807) is 0 Å². The molecule has 11 unspecified atom stereocenters. The van der Waals surface area contributed by atoms with E-state index in [4.69, 9.17) is 28.4 Å². The molecule has 0 aliphatic carbocycles. The first-order valence-electron chi connectivity index (χ1n) is 27.8. The standard InChI is InChI=1S/C59H98O14/c1-3-5-7-9-11-13-15-17-19-21-23-24-25-26-28-30-32-34-36-38-40-42-51(61)71-48(45-68-43-41-39-37-35-33-31-29-27-22-20-18-16-14-12-10-8-6-4-2)46-69-58-57(67)55(65)53(63)50(73-58)47-70-59-56(66)54(64)52(62)49(44-60)72-59/h5,7,11-14,17-20,23-24,26,28,32,34,48-50,52-60,62-67H,3-4,6,8-10,15-16,21-22,25,27,29-31,33,35-47H2,1-2H3/b7-5-,13-11-,14-12-,19-17-,20-18-,24-23-,28-26-,34-32-. The smallest absolute Gasteiger partial charge is 0.306 e. The number of allylic oxidation sites excluding steroid dienone is 16. The Bertz CT molecular complexity index is 1570. The van der Waals surface area contributed by atoms with Crippen LogP contribution in [0.1, 0.15) is 168 Å². The fourth-order valence-corrected chi connectivity index (χ4v) is 8.08. The van der Waals surface area contributed by atoms with Gasteiger partial charge in [-0.1, -0.05) is 162 Å². The molecule has 14 nitrogen and oxygen atoms in total. The van der Waals surface area contributed by atoms with Gasteiger partial charge in [0.15, 0.2) is 12.6 Å². The lowest BCUT2D eigenvalue weighted by Gasteiger charge is -2.42. The summed E-state index contributed by atoms with van der Waals surface area (Å²) in [5.41, 5.74) is 0. The molecule has 0 saturated carbocycles. The fourth-order valence-electron chi connectivity index (χ4n) is 8.08. The molecular weight excluding hydrogens is 933 g/mol. The maximum absolute atomic E-state index is 13.0. The van der Waals surface area contributed by atoms with Crippen LogP contribution in [0.25, 0.3) is 0 Å². The van der Waals surface area contributed by atoms with Crippen molar-refractivity contribution in [2.24, 2.45) is 0 Å². The van der Waals surface area contributed by atoms with E-state index in [0.717, 1.165) is 83.5 Å². The van der Waals surface area contributed by atoms with Crippen LogP contribution in [0.2, 0.25) is 0 Å². The van der Waals surface area contributed by atoms with Gasteiger partial charge >= 0.3 is 5.97 Å². The van der Waals surface area contributed by atoms with Gasteiger partial charge in [-0.3, -0.25) is 4.79 Å². The van der Waals surface area contributed by atoms with Crippen LogP contribution in [0, 0.1) is 0 Å². The summed E-state index contributed by atoms with van der Waals surface area (Å²) in [4.78, 5) is 13.0. The SMILES string of the molecule is CC/C=C\C/C=C\C/C=C\C/C=C\C/C=C\C/C=C\CCCCC(=O)OC(COCCCCCCCCCC/C=C\C/C=C\CCCCC)COC1OC(COC2OC(CO)C(O)C(O)C2O)C(O)C(O)C1O. The van der Waals surface area contributed by atoms with Gasteiger partial charge in [0.05, 0.1) is 26.4 Å². The van der Waals surface area contributed by atoms with Gasteiger partial charge in [-0.2, -0.15) is 0 Å². The van der Waals surface area contributed by atoms with Crippen molar-refractivity contribution in [3.05, 3.63) is 97.2 Å². The van der Waals surface area contributed by atoms with E-state index in [1.165, 1.54) is 57.8 Å². The van der Waals surface area contributed by atoms with Gasteiger partial charge in [0, 0.05) is 13.0 Å². The summed E-state index contributed by atoms with van der Waals surface area (Å²) in [6.07, 6.45) is 43.2. The molecule has 73 heavy (non-hydrogen) atoms. The van der Waals surface area contributed by atoms with Crippen LogP contribution in [-0.2, 0) is 33.2 Å². The molecule has 418 valence electrons. The Kier molecular flexibility index (Phi) is 40.8. The van der Waals surface area contributed by atoms with Crippen molar-refractivity contribution in [3.63, 3.8) is 0 Å². The molecule has 0 radical (unpaired) electrons. The predicted octanol–water partition coefficient (Wildman–Crippen LogP) is 9.41. The average Bonchev–Trinajstić information content (AvgIpc) is 3.39. The maximum atomic E-state index is 13.0. The number of hydrogen-bond donors (Lipinski definition) is 7. The topological polar surface area (TPSA) is 214 Å². The Morgan fingerprint density at radius 1 is 0.466 bits per heavy atom. The molecule has 14 heteroatoms. The summed E-state index contributed by atoms with van der Waals surface area (Å²) in [6, 6.07) is 0. The second-order valence-corrected chi connectivity index (χ2v) is 19.0. The van der Waals surface area contributed by atoms with E-state index < -0.39 is 86.7 Å². The Labute approximate surface area is 439 Å². The second kappa shape index (κ2) is 45.1. The number of carbonyl (C=O) groups excluding carboxylic acids is 1. The highest BCUT2D eigenvalue weighted by Crippen LogP contribution is 2.26. The van der Waals surface area contributed by atoms with Crippen LogP contribution in [0.15, 0.2) is 97.2 Å². The molecular formula is C59H98O14. The van der Waals surface area contributed by atoms with E-state index in [-0.39, 0.29) is 19.6 Å². The molecule has 0 aromatic rings. The minimum Gasteiger partial charge on any atom is -0.457 e. The number of unbranched alkanes of at least 4 members (excludes halogenated alkanes) is 13. The lowest BCUT2D eigenvalue weighted by atomic mass is 9.98. The van der Waals surface area contributed by atoms with Gasteiger partial charge in [-0.15, -0.1) is 0 Å². The fraction of sp³-hybridized carbons (Fsp3) is 0.712. The molecule has 2 aliphatic heterocycles. The molecule has 2 heterocycles. The van der Waals surface area contributed by atoms with Gasteiger partial charge in [0.2, 0.25) is 0 Å². The minimum atomic E-state index is -1.72. The van der Waals surface area contributed by atoms with Crippen LogP contribution < -0.4 is 0 Å². The number of hydrogen-bond acceptors (Lipinski definition) is 14. The first kappa shape index (κ1) is 66.0. The van der Waals surface area contributed by atoms with Crippen molar-refractivity contribution >= 4 is 5.97 Å². The normalized spacial score (nSPS) is 25.7. The van der Waals surface area contributed by atoms with Gasteiger partial charge in [0.1, 0.15) is 54.9 Å². The summed E-state index contributed by atoms with van der Waals surface area (Å²) in [5, 5.41) is 72.3. The van der Waals surface area contributed by atoms with Gasteiger partial charge in [0.25, 0.3) is 0 Å². The van der Waals surface area contributed by atoms with Crippen molar-refractivity contribution in [2.75, 3.05) is 33.0 Å². The van der Waals surface area contributed by atoms with Gasteiger partial charge < -0.3 is 64.2 Å². The van der Waals surface area contributed by atoms with E-state index in [1.807, 2.05) is 0 Å². The van der Waals surface area contributed by atoms with Crippen molar-refractivity contribution < 1.29 is 69.0 Å². The number of rotatable bonds is 43. The number of aliphatic hydroxyl groups excluding tert-OH is 7. The lowest BCUT2D eigenvalue weighted by molar-refractivity contribution is -0.332. The number of ether oxygens (including phenoxy) is 6. The van der Waals surface area contributed by atoms with Crippen LogP contribution in [0.5, 0.6) is 0 Å². The number of carbonyl (C=O) groups is 1. The quantitative estimate of drug-likeness (QED) is 0.0172. The Morgan fingerprint density at radius 2 is 0.890 bits per heavy atom. The molecule has 11 atom stereocenters. The second-order valence-electron chi connectivity index (χ2n) is 19.0. The zero-order valence-electron chi connectivity index (χ0n) is 44.6. The molecule has 2 saturated heterocycles. The third-order valence-corrected chi connectivity index (χ3v) is 12.6. The first-order chi connectivity index (χ1) is 35.6. The van der Waals surface area contributed by atoms with Gasteiger partial charge in [-0.05, 0) is 96.3 Å². The molecule has 0 amide bonds. The molecule has 0 bridgehead atoms. The van der Waals surface area contributed by atoms with E-state index in [2.05, 4.69) is 111 Å². The maximum Gasteiger partial charge on any atom is 0.306 e. The van der Waals surface area contributed by atoms with Crippen molar-refractivity contribution in [2.45, 2.75) is 235 Å². The van der Waals surface area contributed by atoms with Crippen LogP contribution in [-0.4, -0.2) is 142 Å². The van der Waals surface area contributed by atoms with Crippen LogP contribution in [0.3, 0.4) is 0 Å². The average molecular weight is 1030 g/mol. The van der Waals surface area contributed by atoms with Crippen molar-refractivity contribution in [1.29, 1.82) is 0 Å². The van der Waals surface area contributed by atoms with E-state index in [9.17, 15) is 40.5 Å². The first-order valence-corrected chi connectivity index (χ1v) is 27.8. The lowest BCUT2D eigenvalue weighted by Crippen LogP contribution is -2.61. The summed E-state index contributed by atoms with van der Waals surface area (Å²) in [7, 11) is 0. The summed E-state index contributed by atoms with van der Waals surface area (Å²) >= 11 is 0. The van der Waals surface area contributed by atoms with E-state index in [0.29, 0.717) is 13.0 Å². The van der Waals surface area contributed by atoms with Gasteiger partial charge in [-0.25, -0.2) is 0 Å². The third-order valence-electron chi connectivity index (χ3n) is 12.6. The number of esters is 1. The molecule has 0 spiro atoms. The summed E-state index contributed by atoms with van der Waals surface area (Å²) in [5.74, 6) is -0.423. The highest BCUT2D eigenvalue weighted by molar-refractivity contribution is 5.69.